The number of aromatic nitrogens is 1. The third-order valence-corrected chi connectivity index (χ3v) is 2.46. The first-order valence-corrected chi connectivity index (χ1v) is 5.07. The van der Waals surface area contributed by atoms with Crippen molar-refractivity contribution >= 4 is 11.3 Å². The number of hydrogen-bond donors (Lipinski definition) is 1. The minimum absolute atomic E-state index is 0.380. The zero-order valence-electron chi connectivity index (χ0n) is 7.74. The van der Waals surface area contributed by atoms with Crippen LogP contribution < -0.4 is 0 Å². The van der Waals surface area contributed by atoms with E-state index in [-0.39, 0.29) is 6.10 Å². The highest BCUT2D eigenvalue weighted by molar-refractivity contribution is 7.09. The van der Waals surface area contributed by atoms with E-state index in [9.17, 15) is 5.11 Å². The van der Waals surface area contributed by atoms with Gasteiger partial charge in [0.15, 0.2) is 0 Å². The average molecular weight is 185 g/mol. The monoisotopic (exact) mass is 185 g/mol. The summed E-state index contributed by atoms with van der Waals surface area (Å²) in [6.45, 7) is 6.15. The summed E-state index contributed by atoms with van der Waals surface area (Å²) in [4.78, 5) is 4.23. The number of nitrogens with zero attached hydrogens (tertiary/aromatic N) is 1. The van der Waals surface area contributed by atoms with Crippen molar-refractivity contribution in [3.05, 3.63) is 16.1 Å². The lowest BCUT2D eigenvalue weighted by atomic mass is 10.0. The third kappa shape index (κ3) is 2.57. The molecule has 1 aromatic rings. The maximum Gasteiger partial charge on any atom is 0.0970 e. The lowest BCUT2D eigenvalue weighted by Crippen LogP contribution is -2.02. The highest BCUT2D eigenvalue weighted by Gasteiger charge is 2.11. The Morgan fingerprint density at radius 3 is 2.67 bits per heavy atom. The standard InChI is InChI=1S/C9H15NOS/c1-6(2)4-9(11)8-5-12-7(3)10-8/h5-6,9,11H,4H2,1-3H3. The third-order valence-electron chi connectivity index (χ3n) is 1.67. The number of aliphatic hydroxyl groups excluding tert-OH is 1. The minimum atomic E-state index is -0.380. The Balaban J connectivity index is 2.58. The van der Waals surface area contributed by atoms with Gasteiger partial charge in [0.2, 0.25) is 0 Å². The van der Waals surface area contributed by atoms with Crippen LogP contribution >= 0.6 is 11.3 Å². The fraction of sp³-hybridized carbons (Fsp3) is 0.667. The molecule has 3 heteroatoms. The predicted octanol–water partition coefficient (Wildman–Crippen LogP) is 2.53. The molecule has 0 amide bonds. The van der Waals surface area contributed by atoms with Crippen LogP contribution in [0.1, 0.15) is 37.1 Å². The molecule has 0 aliphatic carbocycles. The lowest BCUT2D eigenvalue weighted by molar-refractivity contribution is 0.147. The first-order chi connectivity index (χ1) is 5.59. The largest absolute Gasteiger partial charge is 0.387 e. The van der Waals surface area contributed by atoms with Crippen molar-refractivity contribution in [3.8, 4) is 0 Å². The Morgan fingerprint density at radius 1 is 1.58 bits per heavy atom. The number of aryl methyl sites for hydroxylation is 1. The highest BCUT2D eigenvalue weighted by atomic mass is 32.1. The molecule has 68 valence electrons. The number of thiazole rings is 1. The van der Waals surface area contributed by atoms with Gasteiger partial charge in [-0.1, -0.05) is 13.8 Å². The van der Waals surface area contributed by atoms with Crippen LogP contribution in [0.15, 0.2) is 5.38 Å². The molecule has 0 saturated carbocycles. The van der Waals surface area contributed by atoms with Crippen LogP contribution in [0, 0.1) is 12.8 Å². The van der Waals surface area contributed by atoms with E-state index in [2.05, 4.69) is 18.8 Å². The topological polar surface area (TPSA) is 33.1 Å². The van der Waals surface area contributed by atoms with Gasteiger partial charge in [-0.2, -0.15) is 0 Å². The molecule has 1 N–H and O–H groups in total. The zero-order chi connectivity index (χ0) is 9.14. The van der Waals surface area contributed by atoms with E-state index < -0.39 is 0 Å². The van der Waals surface area contributed by atoms with E-state index in [0.717, 1.165) is 17.1 Å². The van der Waals surface area contributed by atoms with Crippen LogP contribution in [-0.4, -0.2) is 10.1 Å². The maximum atomic E-state index is 9.65. The summed E-state index contributed by atoms with van der Waals surface area (Å²) in [5.74, 6) is 0.516. The first kappa shape index (κ1) is 9.68. The molecule has 1 atom stereocenters. The van der Waals surface area contributed by atoms with Crippen molar-refractivity contribution in [1.29, 1.82) is 0 Å². The highest BCUT2D eigenvalue weighted by Crippen LogP contribution is 2.21. The summed E-state index contributed by atoms with van der Waals surface area (Å²) in [7, 11) is 0. The van der Waals surface area contributed by atoms with Gasteiger partial charge in [-0.3, -0.25) is 0 Å². The van der Waals surface area contributed by atoms with E-state index in [0.29, 0.717) is 5.92 Å². The number of rotatable bonds is 3. The average Bonchev–Trinajstić information content (AvgIpc) is 2.34. The Morgan fingerprint density at radius 2 is 2.25 bits per heavy atom. The van der Waals surface area contributed by atoms with Crippen molar-refractivity contribution < 1.29 is 5.11 Å². The summed E-state index contributed by atoms with van der Waals surface area (Å²) in [6, 6.07) is 0. The smallest absolute Gasteiger partial charge is 0.0970 e. The van der Waals surface area contributed by atoms with Crippen molar-refractivity contribution in [2.75, 3.05) is 0 Å². The molecule has 0 bridgehead atoms. The fourth-order valence-electron chi connectivity index (χ4n) is 1.10. The summed E-state index contributed by atoms with van der Waals surface area (Å²) in [5, 5.41) is 12.6. The van der Waals surface area contributed by atoms with Crippen molar-refractivity contribution in [3.63, 3.8) is 0 Å². The van der Waals surface area contributed by atoms with Crippen LogP contribution in [-0.2, 0) is 0 Å². The molecule has 0 fully saturated rings. The van der Waals surface area contributed by atoms with Crippen LogP contribution in [0.25, 0.3) is 0 Å². The van der Waals surface area contributed by atoms with E-state index in [1.54, 1.807) is 11.3 Å². The predicted molar refractivity (Wildman–Crippen MR) is 51.3 cm³/mol. The normalized spacial score (nSPS) is 13.8. The zero-order valence-corrected chi connectivity index (χ0v) is 8.56. The molecule has 1 heterocycles. The van der Waals surface area contributed by atoms with Gasteiger partial charge in [0.1, 0.15) is 0 Å². The summed E-state index contributed by atoms with van der Waals surface area (Å²) >= 11 is 1.59. The van der Waals surface area contributed by atoms with E-state index >= 15 is 0 Å². The van der Waals surface area contributed by atoms with Crippen molar-refractivity contribution in [2.24, 2.45) is 5.92 Å². The summed E-state index contributed by atoms with van der Waals surface area (Å²) in [5.41, 5.74) is 0.825. The van der Waals surface area contributed by atoms with Gasteiger partial charge in [0, 0.05) is 5.38 Å². The molecular formula is C9H15NOS. The van der Waals surface area contributed by atoms with Crippen LogP contribution in [0.5, 0.6) is 0 Å². The molecular weight excluding hydrogens is 170 g/mol. The quantitative estimate of drug-likeness (QED) is 0.785. The minimum Gasteiger partial charge on any atom is -0.387 e. The molecule has 1 unspecified atom stereocenters. The molecule has 2 nitrogen and oxygen atoms in total. The Labute approximate surface area is 77.3 Å². The SMILES string of the molecule is Cc1nc(C(O)CC(C)C)cs1. The Hall–Kier alpha value is -0.410. The Bertz CT molecular complexity index is 244. The van der Waals surface area contributed by atoms with E-state index in [4.69, 9.17) is 0 Å². The van der Waals surface area contributed by atoms with Crippen molar-refractivity contribution in [2.45, 2.75) is 33.3 Å². The van der Waals surface area contributed by atoms with Gasteiger partial charge in [-0.15, -0.1) is 11.3 Å². The molecule has 12 heavy (non-hydrogen) atoms. The van der Waals surface area contributed by atoms with Gasteiger partial charge in [-0.25, -0.2) is 4.98 Å². The van der Waals surface area contributed by atoms with E-state index in [1.165, 1.54) is 0 Å². The van der Waals surface area contributed by atoms with Crippen LogP contribution in [0.4, 0.5) is 0 Å². The second-order valence-corrected chi connectivity index (χ2v) is 4.50. The summed E-state index contributed by atoms with van der Waals surface area (Å²) in [6.07, 6.45) is 0.415. The summed E-state index contributed by atoms with van der Waals surface area (Å²) < 4.78 is 0. The second kappa shape index (κ2) is 4.01. The maximum absolute atomic E-state index is 9.65. The van der Waals surface area contributed by atoms with Crippen molar-refractivity contribution in [1.82, 2.24) is 4.98 Å². The molecule has 0 radical (unpaired) electrons. The molecule has 0 spiro atoms. The molecule has 1 rings (SSSR count). The van der Waals surface area contributed by atoms with Crippen LogP contribution in [0.3, 0.4) is 0 Å². The second-order valence-electron chi connectivity index (χ2n) is 3.44. The van der Waals surface area contributed by atoms with Gasteiger partial charge >= 0.3 is 0 Å². The Kier molecular flexibility index (Phi) is 3.23. The number of hydrogen-bond acceptors (Lipinski definition) is 3. The van der Waals surface area contributed by atoms with Gasteiger partial charge in [0.25, 0.3) is 0 Å². The van der Waals surface area contributed by atoms with Crippen LogP contribution in [0.2, 0.25) is 0 Å². The molecule has 0 aromatic carbocycles. The molecule has 0 saturated heterocycles. The fourth-order valence-corrected chi connectivity index (χ4v) is 1.76. The molecule has 1 aromatic heterocycles. The first-order valence-electron chi connectivity index (χ1n) is 4.19. The van der Waals surface area contributed by atoms with Gasteiger partial charge in [0.05, 0.1) is 16.8 Å². The molecule has 0 aliphatic heterocycles. The van der Waals surface area contributed by atoms with E-state index in [1.807, 2.05) is 12.3 Å². The van der Waals surface area contributed by atoms with Gasteiger partial charge in [-0.05, 0) is 19.3 Å². The number of aliphatic hydroxyl groups is 1. The van der Waals surface area contributed by atoms with Gasteiger partial charge < -0.3 is 5.11 Å². The lowest BCUT2D eigenvalue weighted by Gasteiger charge is -2.09. The molecule has 0 aliphatic rings.